The molecule has 2 aliphatic rings. The molecular weight excluding hydrogens is 387 g/mol. The van der Waals surface area contributed by atoms with E-state index in [0.717, 1.165) is 11.3 Å². The number of hydrogen-bond donors (Lipinski definition) is 1. The Morgan fingerprint density at radius 1 is 1.33 bits per heavy atom. The van der Waals surface area contributed by atoms with E-state index >= 15 is 4.39 Å². The van der Waals surface area contributed by atoms with Crippen LogP contribution in [0.3, 0.4) is 0 Å². The van der Waals surface area contributed by atoms with E-state index in [1.165, 1.54) is 0 Å². The number of benzene rings is 1. The fraction of sp³-hybridized carbons (Fsp3) is 0.591. The summed E-state index contributed by atoms with van der Waals surface area (Å²) < 4.78 is 23.6. The molecule has 1 N–H and O–H groups in total. The smallest absolute Gasteiger partial charge is 0.264 e. The molecule has 162 valence electrons. The van der Waals surface area contributed by atoms with Gasteiger partial charge in [0.15, 0.2) is 5.60 Å². The molecule has 1 aromatic carbocycles. The van der Waals surface area contributed by atoms with Crippen LogP contribution in [0.4, 0.5) is 10.1 Å². The Morgan fingerprint density at radius 2 is 2.07 bits per heavy atom. The number of rotatable bonds is 6. The number of alkyl halides is 1. The summed E-state index contributed by atoms with van der Waals surface area (Å²) in [7, 11) is 1.74. The van der Waals surface area contributed by atoms with Gasteiger partial charge in [0.2, 0.25) is 0 Å². The lowest BCUT2D eigenvalue weighted by Gasteiger charge is -2.32. The third-order valence-electron chi connectivity index (χ3n) is 6.60. The summed E-state index contributed by atoms with van der Waals surface area (Å²) >= 11 is 0. The van der Waals surface area contributed by atoms with E-state index in [4.69, 9.17) is 9.84 Å². The van der Waals surface area contributed by atoms with Crippen LogP contribution in [0.25, 0.3) is 0 Å². The lowest BCUT2D eigenvalue weighted by Crippen LogP contribution is -2.44. The van der Waals surface area contributed by atoms with Crippen molar-refractivity contribution in [2.75, 3.05) is 18.6 Å². The number of carbonyl (C=O) groups excluding carboxylic acids is 1. The second-order valence-corrected chi connectivity index (χ2v) is 8.89. The summed E-state index contributed by atoms with van der Waals surface area (Å²) in [5.74, 6) is -0.929. The topological polar surface area (TPSA) is 80.5 Å². The summed E-state index contributed by atoms with van der Waals surface area (Å²) in [6.45, 7) is 5.55. The van der Waals surface area contributed by atoms with E-state index in [9.17, 15) is 4.79 Å². The highest BCUT2D eigenvalue weighted by atomic mass is 19.1. The lowest BCUT2D eigenvalue weighted by molar-refractivity contribution is -0.145. The maximum Gasteiger partial charge on any atom is 0.264 e. The number of hydrogen-bond acceptors (Lipinski definition) is 5. The number of aliphatic hydroxyl groups is 1. The third-order valence-corrected chi connectivity index (χ3v) is 6.60. The molecular formula is C22H29FN4O3. The molecule has 1 fully saturated rings. The van der Waals surface area contributed by atoms with Crippen LogP contribution in [0.1, 0.15) is 38.4 Å². The molecule has 3 heterocycles. The molecule has 0 radical (unpaired) electrons. The quantitative estimate of drug-likeness (QED) is 0.783. The molecule has 8 heteroatoms. The van der Waals surface area contributed by atoms with Crippen LogP contribution in [0.2, 0.25) is 0 Å². The Labute approximate surface area is 175 Å². The van der Waals surface area contributed by atoms with Gasteiger partial charge in [0.25, 0.3) is 5.91 Å². The number of nitrogens with zero attached hydrogens (tertiary/aromatic N) is 4. The summed E-state index contributed by atoms with van der Waals surface area (Å²) in [6.07, 6.45) is 2.28. The minimum Gasteiger partial charge on any atom is -0.396 e. The standard InChI is InChI=1S/C22H29FN4O3/c1-14-19(21(2,3)23)18(9-11-27-13-15(10-12-28)24-25-27)30-22(14)16-7-5-6-8-17(16)26(4)20(22)29/h5-8,13-14,18-19,28H,9-12H2,1-4H3/t14-,18+,19-,22+/m1/s1. The van der Waals surface area contributed by atoms with Crippen molar-refractivity contribution >= 4 is 11.6 Å². The van der Waals surface area contributed by atoms with Crippen molar-refractivity contribution < 1.29 is 19.0 Å². The van der Waals surface area contributed by atoms with Crippen LogP contribution in [-0.4, -0.2) is 51.4 Å². The lowest BCUT2D eigenvalue weighted by atomic mass is 9.71. The molecule has 0 unspecified atom stereocenters. The zero-order valence-corrected chi connectivity index (χ0v) is 17.9. The number of likely N-dealkylation sites (N-methyl/N-ethyl adjacent to an activating group) is 1. The van der Waals surface area contributed by atoms with Gasteiger partial charge in [0, 0.05) is 50.2 Å². The number of carbonyl (C=O) groups is 1. The number of ether oxygens (including phenoxy) is 1. The van der Waals surface area contributed by atoms with Crippen molar-refractivity contribution in [3.8, 4) is 0 Å². The minimum atomic E-state index is -1.52. The zero-order chi connectivity index (χ0) is 21.7. The second-order valence-electron chi connectivity index (χ2n) is 8.89. The van der Waals surface area contributed by atoms with E-state index in [0.29, 0.717) is 25.1 Å². The zero-order valence-electron chi connectivity index (χ0n) is 17.9. The van der Waals surface area contributed by atoms with Crippen LogP contribution in [0, 0.1) is 11.8 Å². The molecule has 0 bridgehead atoms. The third kappa shape index (κ3) is 3.13. The summed E-state index contributed by atoms with van der Waals surface area (Å²) in [5, 5.41) is 17.2. The monoisotopic (exact) mass is 416 g/mol. The first-order valence-electron chi connectivity index (χ1n) is 10.4. The van der Waals surface area contributed by atoms with E-state index in [2.05, 4.69) is 10.3 Å². The average molecular weight is 416 g/mol. The van der Waals surface area contributed by atoms with Gasteiger partial charge >= 0.3 is 0 Å². The van der Waals surface area contributed by atoms with Gasteiger partial charge in [-0.2, -0.15) is 0 Å². The highest BCUT2D eigenvalue weighted by molar-refractivity contribution is 6.07. The Balaban J connectivity index is 1.65. The molecule has 1 aromatic heterocycles. The van der Waals surface area contributed by atoms with Crippen LogP contribution in [0.5, 0.6) is 0 Å². The normalized spacial score (nSPS) is 28.5. The molecule has 2 aromatic rings. The Bertz CT molecular complexity index is 940. The summed E-state index contributed by atoms with van der Waals surface area (Å²) in [6, 6.07) is 7.60. The molecule has 30 heavy (non-hydrogen) atoms. The van der Waals surface area contributed by atoms with Crippen LogP contribution in [-0.2, 0) is 28.1 Å². The molecule has 1 spiro atoms. The number of halogens is 1. The molecule has 4 atom stereocenters. The van der Waals surface area contributed by atoms with Crippen molar-refractivity contribution in [3.05, 3.63) is 41.7 Å². The predicted octanol–water partition coefficient (Wildman–Crippen LogP) is 2.47. The van der Waals surface area contributed by atoms with Crippen LogP contribution < -0.4 is 4.90 Å². The van der Waals surface area contributed by atoms with Crippen molar-refractivity contribution in [1.82, 2.24) is 15.0 Å². The van der Waals surface area contributed by atoms with Crippen LogP contribution >= 0.6 is 0 Å². The van der Waals surface area contributed by atoms with Crippen molar-refractivity contribution in [1.29, 1.82) is 0 Å². The number of amides is 1. The maximum absolute atomic E-state index is 15.4. The van der Waals surface area contributed by atoms with Gasteiger partial charge in [-0.25, -0.2) is 4.39 Å². The summed E-state index contributed by atoms with van der Waals surface area (Å²) in [4.78, 5) is 15.0. The van der Waals surface area contributed by atoms with Gasteiger partial charge in [-0.3, -0.25) is 9.48 Å². The summed E-state index contributed by atoms with van der Waals surface area (Å²) in [5.41, 5.74) is -0.357. The SMILES string of the molecule is C[C@@H]1[C@@H](C(C)(C)F)[C@H](CCn2cc(CCO)nn2)O[C@@]12C(=O)N(C)c1ccccc12. The molecule has 0 saturated carbocycles. The largest absolute Gasteiger partial charge is 0.396 e. The van der Waals surface area contributed by atoms with E-state index in [1.54, 1.807) is 36.7 Å². The maximum atomic E-state index is 15.4. The van der Waals surface area contributed by atoms with Crippen molar-refractivity contribution in [3.63, 3.8) is 0 Å². The molecule has 4 rings (SSSR count). The van der Waals surface area contributed by atoms with Crippen molar-refractivity contribution in [2.45, 2.75) is 57.5 Å². The molecule has 2 aliphatic heterocycles. The average Bonchev–Trinajstić information content (AvgIpc) is 3.32. The van der Waals surface area contributed by atoms with E-state index in [1.807, 2.05) is 31.2 Å². The number of anilines is 1. The second kappa shape index (κ2) is 7.42. The number of aromatic nitrogens is 3. The number of aliphatic hydroxyl groups excluding tert-OH is 1. The van der Waals surface area contributed by atoms with Gasteiger partial charge < -0.3 is 14.7 Å². The molecule has 7 nitrogen and oxygen atoms in total. The van der Waals surface area contributed by atoms with Gasteiger partial charge in [-0.05, 0) is 26.3 Å². The Morgan fingerprint density at radius 3 is 2.77 bits per heavy atom. The number of aryl methyl sites for hydroxylation is 1. The number of fused-ring (bicyclic) bond motifs is 2. The van der Waals surface area contributed by atoms with Gasteiger partial charge in [-0.1, -0.05) is 30.3 Å². The fourth-order valence-corrected chi connectivity index (χ4v) is 5.31. The highest BCUT2D eigenvalue weighted by Crippen LogP contribution is 2.57. The Kier molecular flexibility index (Phi) is 5.18. The van der Waals surface area contributed by atoms with Crippen molar-refractivity contribution in [2.24, 2.45) is 11.8 Å². The molecule has 1 saturated heterocycles. The molecule has 0 aliphatic carbocycles. The van der Waals surface area contributed by atoms with E-state index < -0.39 is 23.3 Å². The predicted molar refractivity (Wildman–Crippen MR) is 110 cm³/mol. The van der Waals surface area contributed by atoms with Gasteiger partial charge in [-0.15, -0.1) is 5.10 Å². The minimum absolute atomic E-state index is 0.0115. The first kappa shape index (κ1) is 20.9. The van der Waals surface area contributed by atoms with E-state index in [-0.39, 0.29) is 18.4 Å². The molecule has 1 amide bonds. The Hall–Kier alpha value is -2.32. The first-order valence-corrected chi connectivity index (χ1v) is 10.4. The number of para-hydroxylation sites is 1. The van der Waals surface area contributed by atoms with Gasteiger partial charge in [0.05, 0.1) is 17.5 Å². The highest BCUT2D eigenvalue weighted by Gasteiger charge is 2.65. The fourth-order valence-electron chi connectivity index (χ4n) is 5.31. The first-order chi connectivity index (χ1) is 14.2. The van der Waals surface area contributed by atoms with Crippen LogP contribution in [0.15, 0.2) is 30.5 Å². The van der Waals surface area contributed by atoms with Gasteiger partial charge in [0.1, 0.15) is 5.67 Å².